The number of nitrogens with two attached hydrogens (primary N) is 1. The second-order valence-electron chi connectivity index (χ2n) is 4.04. The smallest absolute Gasteiger partial charge is 0.222 e. The minimum absolute atomic E-state index is 0.307. The van der Waals surface area contributed by atoms with E-state index in [1.807, 2.05) is 18.2 Å². The van der Waals surface area contributed by atoms with Crippen LogP contribution >= 0.6 is 11.6 Å². The average Bonchev–Trinajstić information content (AvgIpc) is 2.64. The average molecular weight is 237 g/mol. The molecule has 2 aromatic rings. The molecule has 0 unspecified atom stereocenters. The largest absolute Gasteiger partial charge is 0.368 e. The monoisotopic (exact) mass is 236 g/mol. The van der Waals surface area contributed by atoms with Crippen LogP contribution in [0.1, 0.15) is 25.3 Å². The van der Waals surface area contributed by atoms with Crippen molar-refractivity contribution in [3.05, 3.63) is 34.9 Å². The second kappa shape index (κ2) is 4.18. The zero-order valence-corrected chi connectivity index (χ0v) is 9.95. The first-order valence-corrected chi connectivity index (χ1v) is 5.47. The fraction of sp³-hybridized carbons (Fsp3) is 0.250. The molecule has 0 fully saturated rings. The predicted molar refractivity (Wildman–Crippen MR) is 65.5 cm³/mol. The molecule has 0 bridgehead atoms. The fourth-order valence-corrected chi connectivity index (χ4v) is 1.76. The molecule has 3 nitrogen and oxygen atoms in total. The summed E-state index contributed by atoms with van der Waals surface area (Å²) in [5.41, 5.74) is 8.30. The van der Waals surface area contributed by atoms with Crippen LogP contribution in [0.5, 0.6) is 0 Å². The van der Waals surface area contributed by atoms with E-state index in [2.05, 4.69) is 19.0 Å². The van der Waals surface area contributed by atoms with Crippen molar-refractivity contribution in [1.82, 2.24) is 5.16 Å². The van der Waals surface area contributed by atoms with Gasteiger partial charge in [-0.25, -0.2) is 0 Å². The number of aromatic nitrogens is 1. The van der Waals surface area contributed by atoms with E-state index >= 15 is 0 Å². The molecule has 0 radical (unpaired) electrons. The maximum absolute atomic E-state index is 6.06. The molecule has 0 aliphatic rings. The van der Waals surface area contributed by atoms with E-state index in [0.29, 0.717) is 22.5 Å². The van der Waals surface area contributed by atoms with Crippen molar-refractivity contribution in [1.29, 1.82) is 0 Å². The molecule has 0 spiro atoms. The third kappa shape index (κ3) is 2.19. The fourth-order valence-electron chi connectivity index (χ4n) is 1.52. The van der Waals surface area contributed by atoms with Crippen LogP contribution in [0.4, 0.5) is 5.88 Å². The molecule has 0 amide bonds. The van der Waals surface area contributed by atoms with Gasteiger partial charge >= 0.3 is 0 Å². The van der Waals surface area contributed by atoms with Crippen molar-refractivity contribution in [2.24, 2.45) is 0 Å². The van der Waals surface area contributed by atoms with Crippen LogP contribution in [0.15, 0.2) is 28.8 Å². The van der Waals surface area contributed by atoms with Crippen LogP contribution in [0, 0.1) is 0 Å². The Morgan fingerprint density at radius 3 is 2.56 bits per heavy atom. The normalized spacial score (nSPS) is 11.0. The molecule has 0 saturated heterocycles. The SMILES string of the molecule is CC(C)c1cc(Cl)cc(-c2cc(N)on2)c1. The number of rotatable bonds is 2. The van der Waals surface area contributed by atoms with E-state index < -0.39 is 0 Å². The van der Waals surface area contributed by atoms with E-state index in [1.54, 1.807) is 6.07 Å². The Kier molecular flexibility index (Phi) is 2.88. The molecular formula is C12H13ClN2O. The van der Waals surface area contributed by atoms with Gasteiger partial charge in [-0.15, -0.1) is 0 Å². The number of hydrogen-bond donors (Lipinski definition) is 1. The number of halogens is 1. The maximum Gasteiger partial charge on any atom is 0.222 e. The maximum atomic E-state index is 6.06. The Hall–Kier alpha value is -1.48. The zero-order valence-electron chi connectivity index (χ0n) is 9.20. The minimum atomic E-state index is 0.307. The van der Waals surface area contributed by atoms with Gasteiger partial charge in [-0.3, -0.25) is 0 Å². The lowest BCUT2D eigenvalue weighted by Gasteiger charge is -2.07. The quantitative estimate of drug-likeness (QED) is 0.865. The Balaban J connectivity index is 2.49. The van der Waals surface area contributed by atoms with Crippen LogP contribution in [-0.4, -0.2) is 5.16 Å². The molecule has 0 aliphatic carbocycles. The number of anilines is 1. The molecule has 2 rings (SSSR count). The van der Waals surface area contributed by atoms with Gasteiger partial charge in [0.2, 0.25) is 5.88 Å². The lowest BCUT2D eigenvalue weighted by molar-refractivity contribution is 0.439. The molecule has 0 aliphatic heterocycles. The molecule has 1 aromatic carbocycles. The number of nitrogen functional groups attached to an aromatic ring is 1. The van der Waals surface area contributed by atoms with Gasteiger partial charge < -0.3 is 10.3 Å². The topological polar surface area (TPSA) is 52.0 Å². The summed E-state index contributed by atoms with van der Waals surface area (Å²) in [5, 5.41) is 4.57. The summed E-state index contributed by atoms with van der Waals surface area (Å²) in [6, 6.07) is 7.55. The first-order valence-electron chi connectivity index (χ1n) is 5.09. The first kappa shape index (κ1) is 11.0. The minimum Gasteiger partial charge on any atom is -0.368 e. The summed E-state index contributed by atoms with van der Waals surface area (Å²) in [6.07, 6.45) is 0. The van der Waals surface area contributed by atoms with Gasteiger partial charge in [-0.05, 0) is 29.7 Å². The lowest BCUT2D eigenvalue weighted by atomic mass is 10.00. The van der Waals surface area contributed by atoms with Crippen LogP contribution in [0.25, 0.3) is 11.3 Å². The number of benzene rings is 1. The van der Waals surface area contributed by atoms with Gasteiger partial charge in [-0.1, -0.05) is 30.6 Å². The van der Waals surface area contributed by atoms with Crippen LogP contribution in [0.3, 0.4) is 0 Å². The summed E-state index contributed by atoms with van der Waals surface area (Å²) in [6.45, 7) is 4.24. The van der Waals surface area contributed by atoms with Crippen molar-refractivity contribution in [2.45, 2.75) is 19.8 Å². The highest BCUT2D eigenvalue weighted by atomic mass is 35.5. The van der Waals surface area contributed by atoms with Crippen LogP contribution in [-0.2, 0) is 0 Å². The molecule has 0 saturated carbocycles. The van der Waals surface area contributed by atoms with E-state index in [4.69, 9.17) is 21.9 Å². The van der Waals surface area contributed by atoms with Crippen molar-refractivity contribution in [3.63, 3.8) is 0 Å². The molecule has 16 heavy (non-hydrogen) atoms. The van der Waals surface area contributed by atoms with E-state index in [0.717, 1.165) is 5.56 Å². The highest BCUT2D eigenvalue weighted by molar-refractivity contribution is 6.31. The molecule has 4 heteroatoms. The molecule has 1 heterocycles. The summed E-state index contributed by atoms with van der Waals surface area (Å²) >= 11 is 6.06. The van der Waals surface area contributed by atoms with Crippen molar-refractivity contribution in [3.8, 4) is 11.3 Å². The van der Waals surface area contributed by atoms with Gasteiger partial charge in [0.1, 0.15) is 5.69 Å². The highest BCUT2D eigenvalue weighted by Crippen LogP contribution is 2.28. The Morgan fingerprint density at radius 2 is 2.00 bits per heavy atom. The van der Waals surface area contributed by atoms with Crippen LogP contribution < -0.4 is 5.73 Å². The van der Waals surface area contributed by atoms with Gasteiger partial charge in [0.05, 0.1) is 0 Å². The van der Waals surface area contributed by atoms with Crippen molar-refractivity contribution in [2.75, 3.05) is 5.73 Å². The van der Waals surface area contributed by atoms with E-state index in [9.17, 15) is 0 Å². The molecule has 0 atom stereocenters. The Bertz CT molecular complexity index is 505. The lowest BCUT2D eigenvalue weighted by Crippen LogP contribution is -1.88. The van der Waals surface area contributed by atoms with Gasteiger partial charge in [0.25, 0.3) is 0 Å². The Morgan fingerprint density at radius 1 is 1.25 bits per heavy atom. The molecule has 84 valence electrons. The summed E-state index contributed by atoms with van der Waals surface area (Å²) in [5.74, 6) is 0.725. The molecule has 1 aromatic heterocycles. The van der Waals surface area contributed by atoms with E-state index in [1.165, 1.54) is 5.56 Å². The van der Waals surface area contributed by atoms with Gasteiger partial charge in [0, 0.05) is 16.7 Å². The highest BCUT2D eigenvalue weighted by Gasteiger charge is 2.08. The summed E-state index contributed by atoms with van der Waals surface area (Å²) < 4.78 is 4.84. The van der Waals surface area contributed by atoms with Gasteiger partial charge in [0.15, 0.2) is 0 Å². The van der Waals surface area contributed by atoms with Crippen molar-refractivity contribution >= 4 is 17.5 Å². The zero-order chi connectivity index (χ0) is 11.7. The standard InChI is InChI=1S/C12H13ClN2O/c1-7(2)8-3-9(5-10(13)4-8)11-6-12(14)16-15-11/h3-7H,14H2,1-2H3. The van der Waals surface area contributed by atoms with Gasteiger partial charge in [-0.2, -0.15) is 0 Å². The molecule has 2 N–H and O–H groups in total. The van der Waals surface area contributed by atoms with Crippen LogP contribution in [0.2, 0.25) is 5.02 Å². The number of nitrogens with zero attached hydrogens (tertiary/aromatic N) is 1. The summed E-state index contributed by atoms with van der Waals surface area (Å²) in [7, 11) is 0. The number of hydrogen-bond acceptors (Lipinski definition) is 3. The first-order chi connectivity index (χ1) is 7.56. The summed E-state index contributed by atoms with van der Waals surface area (Å²) in [4.78, 5) is 0. The second-order valence-corrected chi connectivity index (χ2v) is 4.48. The molecular weight excluding hydrogens is 224 g/mol. The van der Waals surface area contributed by atoms with E-state index in [-0.39, 0.29) is 0 Å². The third-order valence-electron chi connectivity index (χ3n) is 2.41. The predicted octanol–water partition coefficient (Wildman–Crippen LogP) is 3.70. The van der Waals surface area contributed by atoms with Crippen molar-refractivity contribution < 1.29 is 4.52 Å². The Labute approximate surface area is 99.2 Å². The third-order valence-corrected chi connectivity index (χ3v) is 2.63.